The van der Waals surface area contributed by atoms with Crippen molar-refractivity contribution in [3.05, 3.63) is 137 Å². The number of rotatable bonds is 13. The minimum Gasteiger partial charge on any atom is -0.392 e. The van der Waals surface area contributed by atoms with Crippen LogP contribution in [0.2, 0.25) is 0 Å². The number of hydrogen-bond donors (Lipinski definition) is 3. The zero-order valence-corrected chi connectivity index (χ0v) is 29.1. The Kier molecular flexibility index (Phi) is 12.1. The number of amides is 1. The van der Waals surface area contributed by atoms with Crippen LogP contribution in [0, 0.1) is 6.92 Å². The summed E-state index contributed by atoms with van der Waals surface area (Å²) in [7, 11) is -3.94. The summed E-state index contributed by atoms with van der Waals surface area (Å²) >= 11 is 0. The van der Waals surface area contributed by atoms with Crippen LogP contribution >= 0.6 is 0 Å². The molecule has 3 N–H and O–H groups in total. The molecule has 10 nitrogen and oxygen atoms in total. The maximum atomic E-state index is 13.5. The molecule has 0 radical (unpaired) electrons. The predicted molar refractivity (Wildman–Crippen MR) is 189 cm³/mol. The van der Waals surface area contributed by atoms with Crippen LogP contribution in [0.4, 0.5) is 0 Å². The largest absolute Gasteiger partial charge is 0.392 e. The summed E-state index contributed by atoms with van der Waals surface area (Å²) in [5, 5.41) is 12.4. The van der Waals surface area contributed by atoms with E-state index < -0.39 is 28.3 Å². The predicted octanol–water partition coefficient (Wildman–Crippen LogP) is 4.57. The van der Waals surface area contributed by atoms with Crippen LogP contribution in [0.3, 0.4) is 0 Å². The van der Waals surface area contributed by atoms with Crippen molar-refractivity contribution in [3.8, 4) is 0 Å². The van der Waals surface area contributed by atoms with Crippen LogP contribution in [-0.4, -0.2) is 69.3 Å². The molecule has 2 aliphatic heterocycles. The number of nitrogens with one attached hydrogen (secondary N) is 2. The highest BCUT2D eigenvalue weighted by molar-refractivity contribution is 7.89. The van der Waals surface area contributed by atoms with Gasteiger partial charge >= 0.3 is 0 Å². The van der Waals surface area contributed by atoms with Gasteiger partial charge in [0.2, 0.25) is 15.9 Å². The Labute approximate surface area is 294 Å². The number of sulfonamides is 1. The van der Waals surface area contributed by atoms with Gasteiger partial charge in [0.1, 0.15) is 6.04 Å². The molecule has 2 heterocycles. The van der Waals surface area contributed by atoms with E-state index >= 15 is 0 Å². The third kappa shape index (κ3) is 9.64. The molecule has 50 heavy (non-hydrogen) atoms. The number of ether oxygens (including phenoxy) is 3. The number of carbonyl (C=O) groups excluding carboxylic acids is 1. The molecule has 2 fully saturated rings. The molecule has 0 aromatic heterocycles. The van der Waals surface area contributed by atoms with Crippen molar-refractivity contribution in [1.29, 1.82) is 0 Å². The lowest BCUT2D eigenvalue weighted by Crippen LogP contribution is -2.47. The Morgan fingerprint density at radius 2 is 1.50 bits per heavy atom. The van der Waals surface area contributed by atoms with Crippen LogP contribution in [0.5, 0.6) is 0 Å². The quantitative estimate of drug-likeness (QED) is 0.185. The van der Waals surface area contributed by atoms with E-state index in [1.807, 2.05) is 85.8 Å². The normalized spacial score (nSPS) is 20.6. The number of benzene rings is 4. The molecule has 4 atom stereocenters. The number of aryl methyl sites for hydroxylation is 1. The Bertz CT molecular complexity index is 1780. The van der Waals surface area contributed by atoms with Crippen molar-refractivity contribution >= 4 is 15.9 Å². The summed E-state index contributed by atoms with van der Waals surface area (Å²) in [6, 6.07) is 30.4. The first-order valence-corrected chi connectivity index (χ1v) is 18.5. The van der Waals surface area contributed by atoms with E-state index in [1.165, 1.54) is 12.1 Å². The fourth-order valence-electron chi connectivity index (χ4n) is 6.22. The van der Waals surface area contributed by atoms with E-state index in [4.69, 9.17) is 14.2 Å². The van der Waals surface area contributed by atoms with Crippen LogP contribution in [0.25, 0.3) is 0 Å². The minimum atomic E-state index is -3.94. The summed E-state index contributed by atoms with van der Waals surface area (Å²) in [5.74, 6) is -0.423. The third-order valence-corrected chi connectivity index (χ3v) is 10.6. The second-order valence-corrected chi connectivity index (χ2v) is 14.6. The lowest BCUT2D eigenvalue weighted by atomic mass is 9.99. The summed E-state index contributed by atoms with van der Waals surface area (Å²) in [6.45, 7) is 6.00. The van der Waals surface area contributed by atoms with Gasteiger partial charge in [-0.15, -0.1) is 0 Å². The van der Waals surface area contributed by atoms with E-state index in [2.05, 4.69) is 14.9 Å². The number of morpholine rings is 1. The molecule has 0 spiro atoms. The molecule has 0 bridgehead atoms. The molecule has 0 saturated carbocycles. The molecule has 264 valence electrons. The second kappa shape index (κ2) is 16.8. The fourth-order valence-corrected chi connectivity index (χ4v) is 7.42. The van der Waals surface area contributed by atoms with Gasteiger partial charge in [0.25, 0.3) is 0 Å². The molecule has 2 saturated heterocycles. The van der Waals surface area contributed by atoms with Gasteiger partial charge < -0.3 is 24.6 Å². The van der Waals surface area contributed by atoms with Gasteiger partial charge in [-0.25, -0.2) is 8.42 Å². The van der Waals surface area contributed by atoms with Gasteiger partial charge in [-0.3, -0.25) is 9.69 Å². The molecule has 4 aromatic carbocycles. The average molecular weight is 700 g/mol. The van der Waals surface area contributed by atoms with Crippen molar-refractivity contribution in [1.82, 2.24) is 14.9 Å². The molecule has 2 aliphatic rings. The number of hydrogen-bond acceptors (Lipinski definition) is 8. The van der Waals surface area contributed by atoms with E-state index in [0.29, 0.717) is 19.6 Å². The summed E-state index contributed by atoms with van der Waals surface area (Å²) in [5.41, 5.74) is 5.36. The maximum absolute atomic E-state index is 13.5. The van der Waals surface area contributed by atoms with E-state index in [1.54, 1.807) is 12.1 Å². The lowest BCUT2D eigenvalue weighted by molar-refractivity contribution is -0.253. The molecule has 0 aliphatic carbocycles. The molecule has 4 unspecified atom stereocenters. The SMILES string of the molecule is Cc1ccc(S(=O)(=O)NC(Cc2ccccc2)C(=O)NCc2ccc(C3OC(CN4CCOCC4)CC(c4ccc(CO)cc4)O3)cc2)cc1. The summed E-state index contributed by atoms with van der Waals surface area (Å²) < 4.78 is 47.7. The van der Waals surface area contributed by atoms with Crippen molar-refractivity contribution in [2.75, 3.05) is 32.8 Å². The zero-order chi connectivity index (χ0) is 34.9. The molecule has 11 heteroatoms. The van der Waals surface area contributed by atoms with Crippen molar-refractivity contribution < 1.29 is 32.5 Å². The Hall–Kier alpha value is -3.94. The highest BCUT2D eigenvalue weighted by Crippen LogP contribution is 2.38. The van der Waals surface area contributed by atoms with Crippen molar-refractivity contribution in [2.45, 2.75) is 62.4 Å². The first kappa shape index (κ1) is 35.9. The number of carbonyl (C=O) groups is 1. The van der Waals surface area contributed by atoms with Gasteiger partial charge in [0, 0.05) is 38.2 Å². The van der Waals surface area contributed by atoms with Crippen molar-refractivity contribution in [2.24, 2.45) is 0 Å². The number of aliphatic hydroxyl groups excluding tert-OH is 1. The van der Waals surface area contributed by atoms with Gasteiger partial charge in [-0.2, -0.15) is 4.72 Å². The van der Waals surface area contributed by atoms with Crippen LogP contribution in [0.15, 0.2) is 108 Å². The van der Waals surface area contributed by atoms with Gasteiger partial charge in [-0.1, -0.05) is 96.6 Å². The highest BCUT2D eigenvalue weighted by Gasteiger charge is 2.33. The molecular weight excluding hydrogens is 655 g/mol. The Morgan fingerprint density at radius 1 is 0.840 bits per heavy atom. The minimum absolute atomic E-state index is 0.0132. The van der Waals surface area contributed by atoms with E-state index in [0.717, 1.165) is 53.0 Å². The molecular formula is C39H45N3O7S. The van der Waals surface area contributed by atoms with E-state index in [9.17, 15) is 18.3 Å². The molecule has 1 amide bonds. The number of aliphatic hydroxyl groups is 1. The topological polar surface area (TPSA) is 126 Å². The van der Waals surface area contributed by atoms with Crippen LogP contribution in [-0.2, 0) is 48.6 Å². The highest BCUT2D eigenvalue weighted by atomic mass is 32.2. The number of nitrogens with zero attached hydrogens (tertiary/aromatic N) is 1. The third-order valence-electron chi connectivity index (χ3n) is 9.13. The van der Waals surface area contributed by atoms with Crippen molar-refractivity contribution in [3.63, 3.8) is 0 Å². The monoisotopic (exact) mass is 699 g/mol. The van der Waals surface area contributed by atoms with Crippen LogP contribution < -0.4 is 10.0 Å². The molecule has 4 aromatic rings. The summed E-state index contributed by atoms with van der Waals surface area (Å²) in [6.07, 6.45) is 0.0688. The Morgan fingerprint density at radius 3 is 2.18 bits per heavy atom. The lowest BCUT2D eigenvalue weighted by Gasteiger charge is -2.39. The first-order chi connectivity index (χ1) is 24.3. The van der Waals surface area contributed by atoms with Gasteiger partial charge in [0.15, 0.2) is 6.29 Å². The van der Waals surface area contributed by atoms with Crippen LogP contribution in [0.1, 0.15) is 52.2 Å². The van der Waals surface area contributed by atoms with Gasteiger partial charge in [-0.05, 0) is 47.7 Å². The summed E-state index contributed by atoms with van der Waals surface area (Å²) in [4.78, 5) is 16.0. The maximum Gasteiger partial charge on any atom is 0.241 e. The standard InChI is InChI=1S/C39H45N3O7S/c1-28-7-17-35(18-8-28)50(45,46)41-36(23-29-5-3-2-4-6-29)38(44)40-25-30-9-15-33(16-10-30)39-48-34(26-42-19-21-47-22-20-42)24-37(49-39)32-13-11-31(27-43)12-14-32/h2-18,34,36-37,39,41,43H,19-27H2,1H3,(H,40,44). The average Bonchev–Trinajstić information content (AvgIpc) is 3.14. The smallest absolute Gasteiger partial charge is 0.241 e. The Balaban J connectivity index is 1.13. The second-order valence-electron chi connectivity index (χ2n) is 12.9. The van der Waals surface area contributed by atoms with Gasteiger partial charge in [0.05, 0.1) is 36.9 Å². The fraction of sp³-hybridized carbons (Fsp3) is 0.359. The molecule has 6 rings (SSSR count). The first-order valence-electron chi connectivity index (χ1n) is 17.1. The van der Waals surface area contributed by atoms with E-state index in [-0.39, 0.29) is 36.7 Å². The zero-order valence-electron chi connectivity index (χ0n) is 28.2.